The molecule has 0 unspecified atom stereocenters. The summed E-state index contributed by atoms with van der Waals surface area (Å²) < 4.78 is 7.54. The molecule has 4 heteroatoms. The molecule has 0 bridgehead atoms. The number of hydrogen-bond donors (Lipinski definition) is 1. The van der Waals surface area contributed by atoms with Crippen LogP contribution in [0, 0.1) is 0 Å². The molecule has 1 heterocycles. The number of nitrogens with zero attached hydrogens (tertiary/aromatic N) is 2. The van der Waals surface area contributed by atoms with Crippen molar-refractivity contribution in [2.75, 3.05) is 13.7 Å². The maximum absolute atomic E-state index is 5.24. The van der Waals surface area contributed by atoms with E-state index in [1.807, 2.05) is 24.7 Å². The van der Waals surface area contributed by atoms with E-state index in [1.165, 1.54) is 24.1 Å². The van der Waals surface area contributed by atoms with Gasteiger partial charge in [-0.3, -0.25) is 0 Å². The van der Waals surface area contributed by atoms with Crippen molar-refractivity contribution in [1.29, 1.82) is 0 Å². The van der Waals surface area contributed by atoms with Crippen molar-refractivity contribution in [1.82, 2.24) is 14.9 Å². The lowest BCUT2D eigenvalue weighted by molar-refractivity contribution is 0.414. The molecule has 0 spiro atoms. The van der Waals surface area contributed by atoms with E-state index in [-0.39, 0.29) is 0 Å². The first-order chi connectivity index (χ1) is 9.86. The zero-order chi connectivity index (χ0) is 13.8. The van der Waals surface area contributed by atoms with Crippen LogP contribution in [0.15, 0.2) is 36.8 Å². The third-order valence-electron chi connectivity index (χ3n) is 3.72. The third-order valence-corrected chi connectivity index (χ3v) is 3.72. The van der Waals surface area contributed by atoms with E-state index in [4.69, 9.17) is 4.74 Å². The number of aromatic nitrogens is 2. The van der Waals surface area contributed by atoms with Gasteiger partial charge in [0.15, 0.2) is 0 Å². The first-order valence-corrected chi connectivity index (χ1v) is 7.21. The summed E-state index contributed by atoms with van der Waals surface area (Å²) in [6, 6.07) is 8.95. The second kappa shape index (κ2) is 6.09. The zero-order valence-corrected chi connectivity index (χ0v) is 11.9. The fourth-order valence-electron chi connectivity index (χ4n) is 2.43. The zero-order valence-electron chi connectivity index (χ0n) is 11.9. The van der Waals surface area contributed by atoms with Crippen LogP contribution in [0.4, 0.5) is 0 Å². The van der Waals surface area contributed by atoms with Gasteiger partial charge in [0.2, 0.25) is 0 Å². The molecule has 1 fully saturated rings. The van der Waals surface area contributed by atoms with E-state index in [2.05, 4.69) is 27.0 Å². The van der Waals surface area contributed by atoms with Crippen molar-refractivity contribution >= 4 is 0 Å². The Balaban J connectivity index is 1.46. The van der Waals surface area contributed by atoms with E-state index in [1.54, 1.807) is 7.11 Å². The SMILES string of the molecule is COc1cccc(CCNCc2cncn2C2CC2)c1. The smallest absolute Gasteiger partial charge is 0.119 e. The van der Waals surface area contributed by atoms with Crippen LogP contribution in [0.5, 0.6) is 5.75 Å². The number of benzene rings is 1. The first-order valence-electron chi connectivity index (χ1n) is 7.21. The lowest BCUT2D eigenvalue weighted by atomic mass is 10.1. The van der Waals surface area contributed by atoms with Gasteiger partial charge in [-0.25, -0.2) is 4.98 Å². The van der Waals surface area contributed by atoms with Crippen molar-refractivity contribution in [2.24, 2.45) is 0 Å². The fraction of sp³-hybridized carbons (Fsp3) is 0.438. The highest BCUT2D eigenvalue weighted by molar-refractivity contribution is 5.28. The Morgan fingerprint density at radius 2 is 2.30 bits per heavy atom. The minimum Gasteiger partial charge on any atom is -0.497 e. The summed E-state index contributed by atoms with van der Waals surface area (Å²) in [4.78, 5) is 4.25. The van der Waals surface area contributed by atoms with Gasteiger partial charge in [-0.05, 0) is 43.5 Å². The molecule has 1 aliphatic rings. The maximum atomic E-state index is 5.24. The second-order valence-electron chi connectivity index (χ2n) is 5.30. The number of ether oxygens (including phenoxy) is 1. The Bertz CT molecular complexity index is 560. The van der Waals surface area contributed by atoms with Crippen molar-refractivity contribution in [3.63, 3.8) is 0 Å². The molecule has 106 valence electrons. The van der Waals surface area contributed by atoms with Crippen molar-refractivity contribution < 1.29 is 4.74 Å². The molecule has 1 N–H and O–H groups in total. The molecule has 20 heavy (non-hydrogen) atoms. The standard InChI is InChI=1S/C16H21N3O/c1-20-16-4-2-3-13(9-16)7-8-17-10-15-11-18-12-19(15)14-5-6-14/h2-4,9,11-12,14,17H,5-8,10H2,1H3. The van der Waals surface area contributed by atoms with Crippen LogP contribution in [-0.4, -0.2) is 23.2 Å². The normalized spacial score (nSPS) is 14.4. The van der Waals surface area contributed by atoms with E-state index in [9.17, 15) is 0 Å². The van der Waals surface area contributed by atoms with Gasteiger partial charge in [-0.1, -0.05) is 12.1 Å². The molecule has 1 aromatic heterocycles. The van der Waals surface area contributed by atoms with Gasteiger partial charge >= 0.3 is 0 Å². The summed E-state index contributed by atoms with van der Waals surface area (Å²) in [5.74, 6) is 0.925. The molecule has 1 aromatic carbocycles. The van der Waals surface area contributed by atoms with E-state index >= 15 is 0 Å². The minimum atomic E-state index is 0.702. The summed E-state index contributed by atoms with van der Waals surface area (Å²) in [5, 5.41) is 3.50. The van der Waals surface area contributed by atoms with Crippen LogP contribution in [0.1, 0.15) is 30.1 Å². The summed E-state index contributed by atoms with van der Waals surface area (Å²) in [6.45, 7) is 1.85. The van der Waals surface area contributed by atoms with Crippen LogP contribution in [-0.2, 0) is 13.0 Å². The van der Waals surface area contributed by atoms with Gasteiger partial charge in [-0.15, -0.1) is 0 Å². The molecule has 3 rings (SSSR count). The lowest BCUT2D eigenvalue weighted by Gasteiger charge is -2.08. The highest BCUT2D eigenvalue weighted by atomic mass is 16.5. The second-order valence-corrected chi connectivity index (χ2v) is 5.30. The van der Waals surface area contributed by atoms with Crippen molar-refractivity contribution in [3.05, 3.63) is 48.0 Å². The molecular formula is C16H21N3O. The Morgan fingerprint density at radius 3 is 3.10 bits per heavy atom. The predicted octanol–water partition coefficient (Wildman–Crippen LogP) is 2.56. The lowest BCUT2D eigenvalue weighted by Crippen LogP contribution is -2.18. The predicted molar refractivity (Wildman–Crippen MR) is 78.9 cm³/mol. The topological polar surface area (TPSA) is 39.1 Å². The van der Waals surface area contributed by atoms with Gasteiger partial charge in [0, 0.05) is 18.8 Å². The molecule has 1 saturated carbocycles. The molecule has 2 aromatic rings. The first kappa shape index (κ1) is 13.2. The Kier molecular flexibility index (Phi) is 4.02. The van der Waals surface area contributed by atoms with Gasteiger partial charge < -0.3 is 14.6 Å². The fourth-order valence-corrected chi connectivity index (χ4v) is 2.43. The van der Waals surface area contributed by atoms with Crippen LogP contribution in [0.2, 0.25) is 0 Å². The number of imidazole rings is 1. The Labute approximate surface area is 119 Å². The van der Waals surface area contributed by atoms with Crippen LogP contribution in [0.25, 0.3) is 0 Å². The number of rotatable bonds is 7. The third kappa shape index (κ3) is 3.20. The largest absolute Gasteiger partial charge is 0.497 e. The number of methoxy groups -OCH3 is 1. The maximum Gasteiger partial charge on any atom is 0.119 e. The number of nitrogens with one attached hydrogen (secondary N) is 1. The van der Waals surface area contributed by atoms with E-state index < -0.39 is 0 Å². The van der Waals surface area contributed by atoms with Gasteiger partial charge in [0.05, 0.1) is 19.1 Å². The summed E-state index contributed by atoms with van der Waals surface area (Å²) in [5.41, 5.74) is 2.59. The van der Waals surface area contributed by atoms with E-state index in [0.717, 1.165) is 25.3 Å². The summed E-state index contributed by atoms with van der Waals surface area (Å²) >= 11 is 0. The molecule has 0 aliphatic heterocycles. The Morgan fingerprint density at radius 1 is 1.40 bits per heavy atom. The Hall–Kier alpha value is -1.81. The minimum absolute atomic E-state index is 0.702. The summed E-state index contributed by atoms with van der Waals surface area (Å²) in [6.07, 6.45) is 7.53. The highest BCUT2D eigenvalue weighted by Crippen LogP contribution is 2.35. The van der Waals surface area contributed by atoms with Crippen LogP contribution < -0.4 is 10.1 Å². The van der Waals surface area contributed by atoms with Gasteiger partial charge in [0.25, 0.3) is 0 Å². The van der Waals surface area contributed by atoms with Crippen LogP contribution >= 0.6 is 0 Å². The average Bonchev–Trinajstić information content (AvgIpc) is 3.23. The van der Waals surface area contributed by atoms with Crippen molar-refractivity contribution in [2.45, 2.75) is 31.8 Å². The number of hydrogen-bond acceptors (Lipinski definition) is 3. The molecule has 1 aliphatic carbocycles. The molecular weight excluding hydrogens is 250 g/mol. The van der Waals surface area contributed by atoms with E-state index in [0.29, 0.717) is 6.04 Å². The average molecular weight is 271 g/mol. The molecule has 0 radical (unpaired) electrons. The molecule has 0 amide bonds. The van der Waals surface area contributed by atoms with Gasteiger partial charge in [-0.2, -0.15) is 0 Å². The highest BCUT2D eigenvalue weighted by Gasteiger charge is 2.24. The molecule has 0 saturated heterocycles. The molecule has 0 atom stereocenters. The quantitative estimate of drug-likeness (QED) is 0.787. The monoisotopic (exact) mass is 271 g/mol. The summed E-state index contributed by atoms with van der Waals surface area (Å²) in [7, 11) is 1.70. The molecule has 4 nitrogen and oxygen atoms in total. The van der Waals surface area contributed by atoms with Crippen LogP contribution in [0.3, 0.4) is 0 Å². The van der Waals surface area contributed by atoms with Crippen molar-refractivity contribution in [3.8, 4) is 5.75 Å². The van der Waals surface area contributed by atoms with Gasteiger partial charge in [0.1, 0.15) is 5.75 Å².